The highest BCUT2D eigenvalue weighted by molar-refractivity contribution is 5.79. The fourth-order valence-electron chi connectivity index (χ4n) is 5.19. The van der Waals surface area contributed by atoms with Crippen LogP contribution in [0.3, 0.4) is 0 Å². The van der Waals surface area contributed by atoms with Crippen molar-refractivity contribution in [3.63, 3.8) is 0 Å². The van der Waals surface area contributed by atoms with Gasteiger partial charge in [-0.2, -0.15) is 0 Å². The minimum atomic E-state index is 0.224. The molecule has 30 heavy (non-hydrogen) atoms. The van der Waals surface area contributed by atoms with E-state index in [4.69, 9.17) is 4.74 Å². The molecule has 0 aliphatic carbocycles. The quantitative estimate of drug-likeness (QED) is 0.737. The molecule has 0 radical (unpaired) electrons. The Morgan fingerprint density at radius 2 is 1.83 bits per heavy atom. The molecule has 1 aromatic rings. The first kappa shape index (κ1) is 21.8. The number of ether oxygens (including phenoxy) is 1. The number of carbonyl (C=O) groups is 1. The second kappa shape index (κ2) is 10.7. The molecule has 1 aromatic heterocycles. The summed E-state index contributed by atoms with van der Waals surface area (Å²) in [7, 11) is 0. The van der Waals surface area contributed by atoms with E-state index in [9.17, 15) is 4.79 Å². The van der Waals surface area contributed by atoms with E-state index in [0.29, 0.717) is 25.2 Å². The minimum Gasteiger partial charge on any atom is -0.378 e. The summed E-state index contributed by atoms with van der Waals surface area (Å²) in [4.78, 5) is 28.0. The van der Waals surface area contributed by atoms with E-state index in [2.05, 4.69) is 26.7 Å². The van der Waals surface area contributed by atoms with E-state index in [0.717, 1.165) is 70.9 Å². The van der Waals surface area contributed by atoms with Gasteiger partial charge < -0.3 is 19.5 Å². The van der Waals surface area contributed by atoms with Gasteiger partial charge in [0.25, 0.3) is 0 Å². The topological polar surface area (TPSA) is 64.7 Å². The van der Waals surface area contributed by atoms with Crippen LogP contribution in [0.5, 0.6) is 0 Å². The summed E-state index contributed by atoms with van der Waals surface area (Å²) in [5.41, 5.74) is 1.25. The van der Waals surface area contributed by atoms with Gasteiger partial charge in [-0.05, 0) is 45.2 Å². The number of aromatic nitrogens is 2. The van der Waals surface area contributed by atoms with Crippen LogP contribution in [-0.2, 0) is 22.5 Å². The van der Waals surface area contributed by atoms with Crippen LogP contribution in [0, 0.1) is 5.92 Å². The van der Waals surface area contributed by atoms with Crippen molar-refractivity contribution in [1.82, 2.24) is 24.7 Å². The number of aryl methyl sites for hydroxylation is 1. The highest BCUT2D eigenvalue weighted by Gasteiger charge is 2.32. The van der Waals surface area contributed by atoms with Gasteiger partial charge in [0, 0.05) is 63.0 Å². The number of aromatic amines is 1. The molecule has 4 rings (SSSR count). The monoisotopic (exact) mass is 417 g/mol. The third-order valence-electron chi connectivity index (χ3n) is 7.12. The number of nitrogens with zero attached hydrogens (tertiary/aromatic N) is 4. The maximum atomic E-state index is 12.7. The molecule has 1 amide bonds. The van der Waals surface area contributed by atoms with Gasteiger partial charge in [0.15, 0.2) is 0 Å². The summed E-state index contributed by atoms with van der Waals surface area (Å²) < 4.78 is 5.38. The number of hydrogen-bond donors (Lipinski definition) is 1. The second-order valence-electron chi connectivity index (χ2n) is 9.21. The fraction of sp³-hybridized carbons (Fsp3) is 0.826. The lowest BCUT2D eigenvalue weighted by atomic mass is 9.92. The van der Waals surface area contributed by atoms with Crippen LogP contribution in [-0.4, -0.2) is 89.1 Å². The average Bonchev–Trinajstić information content (AvgIpc) is 3.25. The lowest BCUT2D eigenvalue weighted by molar-refractivity contribution is -0.141. The number of piperidine rings is 2. The second-order valence-corrected chi connectivity index (χ2v) is 9.21. The van der Waals surface area contributed by atoms with Crippen LogP contribution < -0.4 is 0 Å². The molecule has 3 fully saturated rings. The van der Waals surface area contributed by atoms with Crippen LogP contribution in [0.2, 0.25) is 0 Å². The van der Waals surface area contributed by atoms with Crippen molar-refractivity contribution in [3.8, 4) is 0 Å². The molecule has 4 heterocycles. The molecule has 3 aliphatic heterocycles. The van der Waals surface area contributed by atoms with Gasteiger partial charge in [-0.3, -0.25) is 9.69 Å². The summed E-state index contributed by atoms with van der Waals surface area (Å²) in [6.45, 7) is 10.6. The van der Waals surface area contributed by atoms with E-state index >= 15 is 0 Å². The predicted molar refractivity (Wildman–Crippen MR) is 117 cm³/mol. The zero-order valence-corrected chi connectivity index (χ0v) is 18.7. The number of rotatable bonds is 7. The third-order valence-corrected chi connectivity index (χ3v) is 7.12. The summed E-state index contributed by atoms with van der Waals surface area (Å²) >= 11 is 0. The Labute approximate surface area is 181 Å². The van der Waals surface area contributed by atoms with E-state index in [1.807, 2.05) is 11.1 Å². The third kappa shape index (κ3) is 5.62. The Morgan fingerprint density at radius 1 is 1.10 bits per heavy atom. The van der Waals surface area contributed by atoms with Crippen molar-refractivity contribution in [3.05, 3.63) is 17.7 Å². The summed E-state index contributed by atoms with van der Waals surface area (Å²) in [5, 5.41) is 0. The number of nitrogens with one attached hydrogen (secondary N) is 1. The van der Waals surface area contributed by atoms with Gasteiger partial charge in [0.1, 0.15) is 5.82 Å². The van der Waals surface area contributed by atoms with E-state index < -0.39 is 0 Å². The standard InChI is InChI=1S/C23H39N5O2/c1-2-3-4-22-24-17-20(25-22)18-26-9-7-21(8-10-26)27-11-5-19(6-12-27)23(29)28-13-15-30-16-14-28/h17,19,21H,2-16,18H2,1H3,(H,24,25). The van der Waals surface area contributed by atoms with Crippen LogP contribution in [0.25, 0.3) is 0 Å². The molecule has 0 bridgehead atoms. The van der Waals surface area contributed by atoms with E-state index in [1.54, 1.807) is 0 Å². The van der Waals surface area contributed by atoms with Crippen molar-refractivity contribution in [2.24, 2.45) is 5.92 Å². The molecule has 3 aliphatic rings. The number of hydrogen-bond acceptors (Lipinski definition) is 5. The molecule has 0 atom stereocenters. The zero-order valence-electron chi connectivity index (χ0n) is 18.7. The van der Waals surface area contributed by atoms with Crippen molar-refractivity contribution in [2.45, 2.75) is 64.5 Å². The number of morpholine rings is 1. The lowest BCUT2D eigenvalue weighted by Gasteiger charge is -2.42. The number of imidazole rings is 1. The molecule has 0 unspecified atom stereocenters. The number of amides is 1. The van der Waals surface area contributed by atoms with Crippen molar-refractivity contribution in [1.29, 1.82) is 0 Å². The summed E-state index contributed by atoms with van der Waals surface area (Å²) in [6.07, 6.45) is 10.00. The number of H-pyrrole nitrogens is 1. The van der Waals surface area contributed by atoms with Crippen molar-refractivity contribution >= 4 is 5.91 Å². The molecular formula is C23H39N5O2. The van der Waals surface area contributed by atoms with Gasteiger partial charge in [0.05, 0.1) is 13.2 Å². The molecule has 1 N–H and O–H groups in total. The van der Waals surface area contributed by atoms with Crippen LogP contribution in [0.4, 0.5) is 0 Å². The average molecular weight is 418 g/mol. The van der Waals surface area contributed by atoms with Crippen LogP contribution in [0.1, 0.15) is 57.0 Å². The molecule has 3 saturated heterocycles. The molecule has 0 aromatic carbocycles. The maximum absolute atomic E-state index is 12.7. The number of likely N-dealkylation sites (tertiary alicyclic amines) is 2. The van der Waals surface area contributed by atoms with Crippen LogP contribution >= 0.6 is 0 Å². The number of carbonyl (C=O) groups excluding carboxylic acids is 1. The fourth-order valence-corrected chi connectivity index (χ4v) is 5.19. The highest BCUT2D eigenvalue weighted by Crippen LogP contribution is 2.26. The van der Waals surface area contributed by atoms with Crippen molar-refractivity contribution < 1.29 is 9.53 Å². The predicted octanol–water partition coefficient (Wildman–Crippen LogP) is 2.29. The maximum Gasteiger partial charge on any atom is 0.225 e. The van der Waals surface area contributed by atoms with Gasteiger partial charge in [-0.15, -0.1) is 0 Å². The molecular weight excluding hydrogens is 378 g/mol. The van der Waals surface area contributed by atoms with Gasteiger partial charge in [-0.1, -0.05) is 13.3 Å². The van der Waals surface area contributed by atoms with Crippen molar-refractivity contribution in [2.75, 3.05) is 52.5 Å². The first-order valence-corrected chi connectivity index (χ1v) is 12.1. The first-order valence-electron chi connectivity index (χ1n) is 12.1. The normalized spacial score (nSPS) is 23.2. The molecule has 7 nitrogen and oxygen atoms in total. The minimum absolute atomic E-state index is 0.224. The Balaban J connectivity index is 1.17. The molecule has 7 heteroatoms. The highest BCUT2D eigenvalue weighted by atomic mass is 16.5. The largest absolute Gasteiger partial charge is 0.378 e. The SMILES string of the molecule is CCCCc1ncc(CN2CCC(N3CCC(C(=O)N4CCOCC4)CC3)CC2)[nH]1. The first-order chi connectivity index (χ1) is 14.7. The Hall–Kier alpha value is -1.44. The van der Waals surface area contributed by atoms with Gasteiger partial charge in [-0.25, -0.2) is 4.98 Å². The van der Waals surface area contributed by atoms with E-state index in [-0.39, 0.29) is 5.92 Å². The summed E-state index contributed by atoms with van der Waals surface area (Å²) in [6, 6.07) is 0.683. The Kier molecular flexibility index (Phi) is 7.79. The molecule has 168 valence electrons. The smallest absolute Gasteiger partial charge is 0.225 e. The van der Waals surface area contributed by atoms with Gasteiger partial charge >= 0.3 is 0 Å². The Morgan fingerprint density at radius 3 is 2.53 bits per heavy atom. The molecule has 0 spiro atoms. The van der Waals surface area contributed by atoms with E-state index in [1.165, 1.54) is 31.4 Å². The molecule has 0 saturated carbocycles. The van der Waals surface area contributed by atoms with Crippen LogP contribution in [0.15, 0.2) is 6.20 Å². The zero-order chi connectivity index (χ0) is 20.8. The lowest BCUT2D eigenvalue weighted by Crippen LogP contribution is -2.50. The number of unbranched alkanes of at least 4 members (excludes halogenated alkanes) is 1. The van der Waals surface area contributed by atoms with Gasteiger partial charge in [0.2, 0.25) is 5.91 Å². The summed E-state index contributed by atoms with van der Waals surface area (Å²) in [5.74, 6) is 1.73. The Bertz CT molecular complexity index is 656.